The molecule has 1 atom stereocenters. The molecule has 0 aromatic carbocycles. The summed E-state index contributed by atoms with van der Waals surface area (Å²) in [5, 5.41) is 8.87. The molecule has 1 fully saturated rings. The van der Waals surface area contributed by atoms with Crippen LogP contribution in [0.1, 0.15) is 46.5 Å². The molecule has 0 spiro atoms. The maximum absolute atomic E-state index is 12.4. The van der Waals surface area contributed by atoms with Crippen molar-refractivity contribution in [2.24, 2.45) is 0 Å². The third kappa shape index (κ3) is 5.24. The number of nitrogens with zero attached hydrogens (tertiary/aromatic N) is 2. The third-order valence-electron chi connectivity index (χ3n) is 3.96. The minimum atomic E-state index is -3.65. The molecule has 0 aromatic rings. The van der Waals surface area contributed by atoms with Crippen LogP contribution in [0.3, 0.4) is 0 Å². The van der Waals surface area contributed by atoms with E-state index in [1.165, 1.54) is 6.92 Å². The summed E-state index contributed by atoms with van der Waals surface area (Å²) in [5.74, 6) is -1.33. The summed E-state index contributed by atoms with van der Waals surface area (Å²) >= 11 is 0. The Morgan fingerprint density at radius 3 is 2.45 bits per heavy atom. The maximum Gasteiger partial charge on any atom is 0.318 e. The number of carbonyl (C=O) groups excluding carboxylic acids is 1. The van der Waals surface area contributed by atoms with Crippen molar-refractivity contribution in [2.75, 3.05) is 18.8 Å². The van der Waals surface area contributed by atoms with Crippen LogP contribution in [0, 0.1) is 0 Å². The van der Waals surface area contributed by atoms with Gasteiger partial charge in [0.15, 0.2) is 0 Å². The van der Waals surface area contributed by atoms with E-state index in [9.17, 15) is 18.0 Å². The lowest BCUT2D eigenvalue weighted by atomic mass is 10.00. The van der Waals surface area contributed by atoms with Crippen molar-refractivity contribution in [3.05, 3.63) is 0 Å². The molecular weight excluding hydrogens is 308 g/mol. The van der Waals surface area contributed by atoms with E-state index in [-0.39, 0.29) is 17.7 Å². The average Bonchev–Trinajstić information content (AvgIpc) is 2.42. The van der Waals surface area contributed by atoms with Crippen LogP contribution in [0.4, 0.5) is 0 Å². The van der Waals surface area contributed by atoms with Gasteiger partial charge in [0.05, 0.1) is 5.75 Å². The Morgan fingerprint density at radius 2 is 1.95 bits per heavy atom. The lowest BCUT2D eigenvalue weighted by molar-refractivity contribution is -0.137. The van der Waals surface area contributed by atoms with Crippen LogP contribution in [0.15, 0.2) is 0 Å². The summed E-state index contributed by atoms with van der Waals surface area (Å²) in [5.41, 5.74) is 0. The fraction of sp³-hybridized carbons (Fsp3) is 0.857. The van der Waals surface area contributed by atoms with E-state index in [0.29, 0.717) is 13.0 Å². The normalized spacial score (nSPS) is 19.7. The van der Waals surface area contributed by atoms with E-state index < -0.39 is 28.6 Å². The zero-order chi connectivity index (χ0) is 16.9. The van der Waals surface area contributed by atoms with Crippen molar-refractivity contribution in [2.45, 2.75) is 58.5 Å². The van der Waals surface area contributed by atoms with Gasteiger partial charge in [0.25, 0.3) is 0 Å². The summed E-state index contributed by atoms with van der Waals surface area (Å²) < 4.78 is 25.8. The second kappa shape index (κ2) is 7.92. The van der Waals surface area contributed by atoms with Gasteiger partial charge in [-0.15, -0.1) is 0 Å². The summed E-state index contributed by atoms with van der Waals surface area (Å²) in [6.07, 6.45) is 3.08. The van der Waals surface area contributed by atoms with Crippen molar-refractivity contribution in [1.82, 2.24) is 9.21 Å². The monoisotopic (exact) mass is 334 g/mol. The van der Waals surface area contributed by atoms with Crippen molar-refractivity contribution < 1.29 is 23.1 Å². The Labute approximate surface area is 132 Å². The predicted octanol–water partition coefficient (Wildman–Crippen LogP) is 0.902. The first-order chi connectivity index (χ1) is 10.1. The summed E-state index contributed by atoms with van der Waals surface area (Å²) in [6, 6.07) is -0.476. The molecular formula is C14H26N2O5S. The summed E-state index contributed by atoms with van der Waals surface area (Å²) in [6.45, 7) is 4.95. The van der Waals surface area contributed by atoms with Crippen LogP contribution in [-0.2, 0) is 19.6 Å². The zero-order valence-corrected chi connectivity index (χ0v) is 14.3. The largest absolute Gasteiger partial charge is 0.480 e. The van der Waals surface area contributed by atoms with Gasteiger partial charge in [0.1, 0.15) is 6.54 Å². The first kappa shape index (κ1) is 18.9. The number of amides is 1. The number of hydrogen-bond donors (Lipinski definition) is 1. The minimum Gasteiger partial charge on any atom is -0.480 e. The first-order valence-corrected chi connectivity index (χ1v) is 9.24. The van der Waals surface area contributed by atoms with E-state index in [2.05, 4.69) is 0 Å². The summed E-state index contributed by atoms with van der Waals surface area (Å²) in [4.78, 5) is 24.2. The highest BCUT2D eigenvalue weighted by molar-refractivity contribution is 7.89. The van der Waals surface area contributed by atoms with Gasteiger partial charge < -0.3 is 10.0 Å². The van der Waals surface area contributed by atoms with Gasteiger partial charge in [-0.05, 0) is 39.5 Å². The Bertz CT molecular complexity index is 503. The van der Waals surface area contributed by atoms with Crippen molar-refractivity contribution in [3.8, 4) is 0 Å². The van der Waals surface area contributed by atoms with Gasteiger partial charge in [-0.2, -0.15) is 4.31 Å². The van der Waals surface area contributed by atoms with E-state index in [0.717, 1.165) is 23.6 Å². The van der Waals surface area contributed by atoms with Gasteiger partial charge in [-0.1, -0.05) is 0 Å². The van der Waals surface area contributed by atoms with Gasteiger partial charge in [0, 0.05) is 25.6 Å². The molecule has 128 valence electrons. The minimum absolute atomic E-state index is 0.0339. The number of piperidine rings is 1. The molecule has 1 amide bonds. The molecule has 1 N–H and O–H groups in total. The number of rotatable bonds is 7. The van der Waals surface area contributed by atoms with Crippen molar-refractivity contribution in [3.63, 3.8) is 0 Å². The van der Waals surface area contributed by atoms with Crippen molar-refractivity contribution in [1.29, 1.82) is 0 Å². The Balaban J connectivity index is 2.74. The number of carboxylic acids is 1. The van der Waals surface area contributed by atoms with E-state index in [1.54, 1.807) is 18.7 Å². The molecule has 22 heavy (non-hydrogen) atoms. The molecule has 1 aliphatic rings. The van der Waals surface area contributed by atoms with Crippen molar-refractivity contribution >= 4 is 21.9 Å². The van der Waals surface area contributed by atoms with Crippen LogP contribution in [0.2, 0.25) is 0 Å². The molecule has 1 saturated heterocycles. The average molecular weight is 334 g/mol. The quantitative estimate of drug-likeness (QED) is 0.746. The predicted molar refractivity (Wildman–Crippen MR) is 82.9 cm³/mol. The summed E-state index contributed by atoms with van der Waals surface area (Å²) in [7, 11) is -3.65. The fourth-order valence-corrected chi connectivity index (χ4v) is 4.61. The first-order valence-electron chi connectivity index (χ1n) is 7.63. The van der Waals surface area contributed by atoms with Gasteiger partial charge in [0.2, 0.25) is 15.9 Å². The number of carbonyl (C=O) groups is 2. The Kier molecular flexibility index (Phi) is 6.80. The van der Waals surface area contributed by atoms with Gasteiger partial charge >= 0.3 is 5.97 Å². The highest BCUT2D eigenvalue weighted by Gasteiger charge is 2.30. The Morgan fingerprint density at radius 1 is 1.32 bits per heavy atom. The Hall–Kier alpha value is -1.15. The van der Waals surface area contributed by atoms with Crippen LogP contribution >= 0.6 is 0 Å². The molecule has 1 unspecified atom stereocenters. The third-order valence-corrected chi connectivity index (χ3v) is 5.98. The van der Waals surface area contributed by atoms with Crippen LogP contribution < -0.4 is 0 Å². The second-order valence-corrected chi connectivity index (χ2v) is 8.04. The highest BCUT2D eigenvalue weighted by atomic mass is 32.2. The highest BCUT2D eigenvalue weighted by Crippen LogP contribution is 2.21. The van der Waals surface area contributed by atoms with E-state index >= 15 is 0 Å². The lowest BCUT2D eigenvalue weighted by Gasteiger charge is -2.35. The standard InChI is InChI=1S/C14H26N2O5S/c1-11(2)16(10-14(18)19)22(20,21)9-7-13-6-4-5-8-15(13)12(3)17/h11,13H,4-10H2,1-3H3,(H,18,19). The number of hydrogen-bond acceptors (Lipinski definition) is 4. The molecule has 8 heteroatoms. The van der Waals surface area contributed by atoms with Crippen LogP contribution in [0.25, 0.3) is 0 Å². The molecule has 0 aliphatic carbocycles. The molecule has 0 saturated carbocycles. The molecule has 1 aliphatic heterocycles. The molecule has 7 nitrogen and oxygen atoms in total. The maximum atomic E-state index is 12.4. The van der Waals surface area contributed by atoms with Gasteiger partial charge in [-0.3, -0.25) is 9.59 Å². The molecule has 0 bridgehead atoms. The fourth-order valence-electron chi connectivity index (χ4n) is 2.85. The van der Waals surface area contributed by atoms with E-state index in [4.69, 9.17) is 5.11 Å². The molecule has 1 rings (SSSR count). The number of likely N-dealkylation sites (tertiary alicyclic amines) is 1. The topological polar surface area (TPSA) is 95.0 Å². The second-order valence-electron chi connectivity index (χ2n) is 6.00. The molecule has 0 aromatic heterocycles. The lowest BCUT2D eigenvalue weighted by Crippen LogP contribution is -2.46. The molecule has 0 radical (unpaired) electrons. The van der Waals surface area contributed by atoms with Crippen LogP contribution in [-0.4, -0.2) is 65.5 Å². The smallest absolute Gasteiger partial charge is 0.318 e. The zero-order valence-electron chi connectivity index (χ0n) is 13.5. The SMILES string of the molecule is CC(=O)N1CCCCC1CCS(=O)(=O)N(CC(=O)O)C(C)C. The van der Waals surface area contributed by atoms with Crippen LogP contribution in [0.5, 0.6) is 0 Å². The number of carboxylic acid groups (broad SMARTS) is 1. The van der Waals surface area contributed by atoms with E-state index in [1.807, 2.05) is 0 Å². The van der Waals surface area contributed by atoms with Gasteiger partial charge in [-0.25, -0.2) is 8.42 Å². The molecule has 1 heterocycles. The number of aliphatic carboxylic acids is 1. The number of sulfonamides is 1.